The number of rotatable bonds is 11. The van der Waals surface area contributed by atoms with Crippen molar-refractivity contribution < 1.29 is 13.7 Å². The second kappa shape index (κ2) is 10.5. The van der Waals surface area contributed by atoms with Crippen LogP contribution < -0.4 is 4.74 Å². The Balaban J connectivity index is 1.33. The van der Waals surface area contributed by atoms with Crippen molar-refractivity contribution in [3.05, 3.63) is 47.6 Å². The van der Waals surface area contributed by atoms with Crippen LogP contribution in [0.3, 0.4) is 0 Å². The predicted molar refractivity (Wildman–Crippen MR) is 127 cm³/mol. The van der Waals surface area contributed by atoms with Crippen molar-refractivity contribution in [2.75, 3.05) is 0 Å². The summed E-state index contributed by atoms with van der Waals surface area (Å²) in [7, 11) is 0. The van der Waals surface area contributed by atoms with Gasteiger partial charge in [0.15, 0.2) is 28.4 Å². The molecule has 182 valence electrons. The van der Waals surface area contributed by atoms with Crippen LogP contribution in [-0.2, 0) is 18.8 Å². The molecule has 0 radical (unpaired) electrons. The average Bonchev–Trinajstić information content (AvgIpc) is 3.65. The molecule has 0 aliphatic heterocycles. The molecular formula is C25H32FN5O2S. The van der Waals surface area contributed by atoms with Crippen molar-refractivity contribution in [3.63, 3.8) is 0 Å². The van der Waals surface area contributed by atoms with E-state index in [9.17, 15) is 4.39 Å². The van der Waals surface area contributed by atoms with Gasteiger partial charge >= 0.3 is 0 Å². The minimum absolute atomic E-state index is 0.168. The Kier molecular flexibility index (Phi) is 7.18. The minimum Gasteiger partial charge on any atom is -0.483 e. The SMILES string of the molecule is CCCCc1noc(CSc2nnc(COc3ccccc3F)n2C(C)C2CC3CCC2C3)n1. The van der Waals surface area contributed by atoms with Gasteiger partial charge in [-0.2, -0.15) is 4.98 Å². The van der Waals surface area contributed by atoms with E-state index in [1.807, 2.05) is 0 Å². The number of ether oxygens (including phenoxy) is 1. The third-order valence-corrected chi connectivity index (χ3v) is 8.26. The zero-order valence-corrected chi connectivity index (χ0v) is 20.6. The van der Waals surface area contributed by atoms with Gasteiger partial charge in [0.25, 0.3) is 0 Å². The normalized spacial score (nSPS) is 22.4. The van der Waals surface area contributed by atoms with Crippen molar-refractivity contribution in [2.24, 2.45) is 17.8 Å². The number of aryl methyl sites for hydroxylation is 1. The van der Waals surface area contributed by atoms with E-state index >= 15 is 0 Å². The van der Waals surface area contributed by atoms with Gasteiger partial charge < -0.3 is 9.26 Å². The molecule has 5 rings (SSSR count). The number of para-hydroxylation sites is 1. The molecule has 2 heterocycles. The average molecular weight is 486 g/mol. The van der Waals surface area contributed by atoms with E-state index in [2.05, 4.69) is 38.8 Å². The Hall–Kier alpha value is -2.42. The quantitative estimate of drug-likeness (QED) is 0.308. The molecule has 4 atom stereocenters. The standard InChI is InChI=1S/C25H32FN5O2S/c1-3-4-9-22-27-24(33-30-22)15-34-25-29-28-23(14-32-21-8-6-5-7-20(21)26)31(25)16(2)19-13-17-10-11-18(19)12-17/h5-8,16-19H,3-4,9-15H2,1-2H3. The Bertz CT molecular complexity index is 1100. The third kappa shape index (κ3) is 4.99. The zero-order chi connectivity index (χ0) is 23.5. The highest BCUT2D eigenvalue weighted by molar-refractivity contribution is 7.98. The Morgan fingerprint density at radius 1 is 1.24 bits per heavy atom. The predicted octanol–water partition coefficient (Wildman–Crippen LogP) is 6.01. The van der Waals surface area contributed by atoms with Gasteiger partial charge in [-0.3, -0.25) is 4.57 Å². The molecule has 2 saturated carbocycles. The van der Waals surface area contributed by atoms with Crippen LogP contribution in [-0.4, -0.2) is 24.9 Å². The van der Waals surface area contributed by atoms with Gasteiger partial charge in [-0.1, -0.05) is 48.8 Å². The lowest BCUT2D eigenvalue weighted by atomic mass is 9.84. The summed E-state index contributed by atoms with van der Waals surface area (Å²) >= 11 is 1.55. The highest BCUT2D eigenvalue weighted by atomic mass is 32.2. The molecule has 7 nitrogen and oxygen atoms in total. The molecule has 2 aliphatic carbocycles. The van der Waals surface area contributed by atoms with Crippen LogP contribution in [0.4, 0.5) is 4.39 Å². The summed E-state index contributed by atoms with van der Waals surface area (Å²) in [4.78, 5) is 4.52. The van der Waals surface area contributed by atoms with Crippen molar-refractivity contribution in [1.29, 1.82) is 0 Å². The summed E-state index contributed by atoms with van der Waals surface area (Å²) in [6, 6.07) is 6.70. The number of unbranched alkanes of at least 4 members (excludes halogenated alkanes) is 1. The summed E-state index contributed by atoms with van der Waals surface area (Å²) in [5.74, 6) is 4.68. The third-order valence-electron chi connectivity index (χ3n) is 7.34. The van der Waals surface area contributed by atoms with E-state index in [1.54, 1.807) is 30.0 Å². The van der Waals surface area contributed by atoms with Crippen molar-refractivity contribution >= 4 is 11.8 Å². The number of fused-ring (bicyclic) bond motifs is 2. The molecule has 2 bridgehead atoms. The zero-order valence-electron chi connectivity index (χ0n) is 19.8. The maximum atomic E-state index is 14.1. The van der Waals surface area contributed by atoms with Crippen LogP contribution >= 0.6 is 11.8 Å². The van der Waals surface area contributed by atoms with Gasteiger partial charge in [-0.15, -0.1) is 10.2 Å². The van der Waals surface area contributed by atoms with Gasteiger partial charge in [-0.25, -0.2) is 4.39 Å². The van der Waals surface area contributed by atoms with E-state index < -0.39 is 0 Å². The molecule has 4 unspecified atom stereocenters. The first-order valence-corrected chi connectivity index (χ1v) is 13.4. The van der Waals surface area contributed by atoms with Crippen LogP contribution in [0.1, 0.15) is 76.0 Å². The summed E-state index contributed by atoms with van der Waals surface area (Å²) in [6.07, 6.45) is 8.24. The number of nitrogens with zero attached hydrogens (tertiary/aromatic N) is 5. The summed E-state index contributed by atoms with van der Waals surface area (Å²) in [6.45, 7) is 4.58. The van der Waals surface area contributed by atoms with Gasteiger partial charge in [0.05, 0.1) is 5.75 Å². The first-order chi connectivity index (χ1) is 16.6. The van der Waals surface area contributed by atoms with Crippen molar-refractivity contribution in [2.45, 2.75) is 82.4 Å². The van der Waals surface area contributed by atoms with Gasteiger partial charge in [0, 0.05) is 12.5 Å². The van der Waals surface area contributed by atoms with Crippen molar-refractivity contribution in [1.82, 2.24) is 24.9 Å². The van der Waals surface area contributed by atoms with E-state index in [1.165, 1.54) is 31.7 Å². The largest absolute Gasteiger partial charge is 0.483 e. The maximum Gasteiger partial charge on any atom is 0.237 e. The number of hydrogen-bond acceptors (Lipinski definition) is 7. The van der Waals surface area contributed by atoms with Crippen LogP contribution in [0, 0.1) is 23.6 Å². The second-order valence-corrected chi connectivity index (χ2v) is 10.5. The molecule has 0 saturated heterocycles. The van der Waals surface area contributed by atoms with Gasteiger partial charge in [0.2, 0.25) is 5.89 Å². The summed E-state index contributed by atoms with van der Waals surface area (Å²) in [5, 5.41) is 13.8. The highest BCUT2D eigenvalue weighted by Crippen LogP contribution is 2.52. The fourth-order valence-electron chi connectivity index (χ4n) is 5.61. The van der Waals surface area contributed by atoms with Crippen LogP contribution in [0.5, 0.6) is 5.75 Å². The molecule has 9 heteroatoms. The van der Waals surface area contributed by atoms with E-state index in [-0.39, 0.29) is 24.2 Å². The van der Waals surface area contributed by atoms with Crippen LogP contribution in [0.15, 0.2) is 33.9 Å². The highest BCUT2D eigenvalue weighted by Gasteiger charge is 2.43. The van der Waals surface area contributed by atoms with Crippen molar-refractivity contribution in [3.8, 4) is 5.75 Å². The van der Waals surface area contributed by atoms with Gasteiger partial charge in [0.1, 0.15) is 6.61 Å². The molecule has 2 aromatic heterocycles. The molecular weight excluding hydrogens is 453 g/mol. The lowest BCUT2D eigenvalue weighted by Crippen LogP contribution is -2.24. The monoisotopic (exact) mass is 485 g/mol. The summed E-state index contributed by atoms with van der Waals surface area (Å²) < 4.78 is 27.5. The van der Waals surface area contributed by atoms with Gasteiger partial charge in [-0.05, 0) is 62.5 Å². The summed E-state index contributed by atoms with van der Waals surface area (Å²) in [5.41, 5.74) is 0. The number of aromatic nitrogens is 5. The first-order valence-electron chi connectivity index (χ1n) is 12.4. The van der Waals surface area contributed by atoms with Crippen LogP contribution in [0.2, 0.25) is 0 Å². The van der Waals surface area contributed by atoms with E-state index in [0.717, 1.165) is 47.9 Å². The Labute approximate surface area is 203 Å². The molecule has 2 aliphatic rings. The second-order valence-electron chi connectivity index (χ2n) is 9.56. The molecule has 34 heavy (non-hydrogen) atoms. The van der Waals surface area contributed by atoms with Crippen LogP contribution in [0.25, 0.3) is 0 Å². The number of benzene rings is 1. The molecule has 3 aromatic rings. The lowest BCUT2D eigenvalue weighted by Gasteiger charge is -2.30. The molecule has 0 amide bonds. The maximum absolute atomic E-state index is 14.1. The fraction of sp³-hybridized carbons (Fsp3) is 0.600. The Morgan fingerprint density at radius 3 is 2.88 bits per heavy atom. The number of thioether (sulfide) groups is 1. The number of halogens is 1. The van der Waals surface area contributed by atoms with E-state index in [0.29, 0.717) is 17.6 Å². The minimum atomic E-state index is -0.375. The Morgan fingerprint density at radius 2 is 2.12 bits per heavy atom. The smallest absolute Gasteiger partial charge is 0.237 e. The molecule has 1 aromatic carbocycles. The molecule has 2 fully saturated rings. The number of hydrogen-bond donors (Lipinski definition) is 0. The first kappa shape index (κ1) is 23.3. The van der Waals surface area contributed by atoms with E-state index in [4.69, 9.17) is 9.26 Å². The molecule has 0 spiro atoms. The lowest BCUT2D eigenvalue weighted by molar-refractivity contribution is 0.215. The molecule has 0 N–H and O–H groups in total. The topological polar surface area (TPSA) is 78.9 Å². The fourth-order valence-corrected chi connectivity index (χ4v) is 6.48.